The number of ether oxygens (including phenoxy) is 1. The number of benzene rings is 1. The van der Waals surface area contributed by atoms with Crippen LogP contribution in [0.25, 0.3) is 0 Å². The van der Waals surface area contributed by atoms with Crippen molar-refractivity contribution in [1.82, 2.24) is 0 Å². The van der Waals surface area contributed by atoms with E-state index in [1.807, 2.05) is 0 Å². The number of rotatable bonds is 3. The van der Waals surface area contributed by atoms with Gasteiger partial charge >= 0.3 is 5.97 Å². The average Bonchev–Trinajstić information content (AvgIpc) is 2.21. The lowest BCUT2D eigenvalue weighted by atomic mass is 10.0. The van der Waals surface area contributed by atoms with E-state index in [9.17, 15) is 9.90 Å². The Morgan fingerprint density at radius 1 is 1.67 bits per heavy atom. The van der Waals surface area contributed by atoms with Gasteiger partial charge < -0.3 is 15.6 Å². The summed E-state index contributed by atoms with van der Waals surface area (Å²) in [4.78, 5) is 11.0. The Balaban J connectivity index is 2.78. The van der Waals surface area contributed by atoms with E-state index in [1.54, 1.807) is 12.1 Å². The Morgan fingerprint density at radius 2 is 2.33 bits per heavy atom. The van der Waals surface area contributed by atoms with Gasteiger partial charge in [0, 0.05) is 6.04 Å². The first-order chi connectivity index (χ1) is 7.04. The van der Waals surface area contributed by atoms with Crippen molar-refractivity contribution in [2.75, 3.05) is 7.11 Å². The number of hydrogen-bond donors (Lipinski definition) is 2. The SMILES string of the molecule is COC(=O)C[C@@H](N)c1ccc(O)c(Br)c1. The van der Waals surface area contributed by atoms with E-state index >= 15 is 0 Å². The lowest BCUT2D eigenvalue weighted by Crippen LogP contribution is -2.16. The Labute approximate surface area is 96.2 Å². The van der Waals surface area contributed by atoms with E-state index in [0.29, 0.717) is 4.47 Å². The van der Waals surface area contributed by atoms with Crippen LogP contribution in [-0.2, 0) is 9.53 Å². The molecule has 1 aromatic carbocycles. The number of nitrogens with two attached hydrogens (primary N) is 1. The predicted molar refractivity (Wildman–Crippen MR) is 59.4 cm³/mol. The van der Waals surface area contributed by atoms with Crippen molar-refractivity contribution in [2.24, 2.45) is 5.73 Å². The van der Waals surface area contributed by atoms with Gasteiger partial charge in [-0.3, -0.25) is 4.79 Å². The highest BCUT2D eigenvalue weighted by atomic mass is 79.9. The standard InChI is InChI=1S/C10H12BrNO3/c1-15-10(14)5-8(12)6-2-3-9(13)7(11)4-6/h2-4,8,13H,5,12H2,1H3/t8-/m1/s1. The molecule has 1 atom stereocenters. The first kappa shape index (κ1) is 12.0. The summed E-state index contributed by atoms with van der Waals surface area (Å²) in [6, 6.07) is 4.46. The van der Waals surface area contributed by atoms with Gasteiger partial charge in [0.05, 0.1) is 18.0 Å². The van der Waals surface area contributed by atoms with Gasteiger partial charge in [0.25, 0.3) is 0 Å². The van der Waals surface area contributed by atoms with Gasteiger partial charge in [-0.1, -0.05) is 6.07 Å². The van der Waals surface area contributed by atoms with Gasteiger partial charge in [0.1, 0.15) is 5.75 Å². The zero-order chi connectivity index (χ0) is 11.4. The Kier molecular flexibility index (Phi) is 4.11. The van der Waals surface area contributed by atoms with E-state index in [-0.39, 0.29) is 18.1 Å². The van der Waals surface area contributed by atoms with Crippen LogP contribution in [0, 0.1) is 0 Å². The molecule has 0 spiro atoms. The fourth-order valence-corrected chi connectivity index (χ4v) is 1.53. The topological polar surface area (TPSA) is 72.5 Å². The third-order valence-electron chi connectivity index (χ3n) is 2.01. The Morgan fingerprint density at radius 3 is 2.87 bits per heavy atom. The second-order valence-corrected chi connectivity index (χ2v) is 3.95. The van der Waals surface area contributed by atoms with Crippen molar-refractivity contribution in [3.63, 3.8) is 0 Å². The molecule has 15 heavy (non-hydrogen) atoms. The smallest absolute Gasteiger partial charge is 0.307 e. The highest BCUT2D eigenvalue weighted by Crippen LogP contribution is 2.27. The van der Waals surface area contributed by atoms with E-state index < -0.39 is 6.04 Å². The van der Waals surface area contributed by atoms with E-state index in [4.69, 9.17) is 5.73 Å². The number of halogens is 1. The van der Waals surface area contributed by atoms with Crippen LogP contribution in [0.3, 0.4) is 0 Å². The fraction of sp³-hybridized carbons (Fsp3) is 0.300. The summed E-state index contributed by atoms with van der Waals surface area (Å²) in [5.41, 5.74) is 6.56. The predicted octanol–water partition coefficient (Wildman–Crippen LogP) is 1.72. The van der Waals surface area contributed by atoms with Gasteiger partial charge in [0.2, 0.25) is 0 Å². The molecule has 0 unspecified atom stereocenters. The molecule has 0 saturated carbocycles. The summed E-state index contributed by atoms with van der Waals surface area (Å²) in [6.07, 6.45) is 0.119. The molecule has 0 aliphatic carbocycles. The molecule has 0 bridgehead atoms. The van der Waals surface area contributed by atoms with Crippen LogP contribution in [-0.4, -0.2) is 18.2 Å². The van der Waals surface area contributed by atoms with Crippen molar-refractivity contribution in [1.29, 1.82) is 0 Å². The minimum absolute atomic E-state index is 0.119. The molecule has 5 heteroatoms. The summed E-state index contributed by atoms with van der Waals surface area (Å²) < 4.78 is 5.07. The third-order valence-corrected chi connectivity index (χ3v) is 2.65. The Hall–Kier alpha value is -1.07. The third kappa shape index (κ3) is 3.21. The molecule has 0 radical (unpaired) electrons. The monoisotopic (exact) mass is 273 g/mol. The zero-order valence-corrected chi connectivity index (χ0v) is 9.82. The second-order valence-electron chi connectivity index (χ2n) is 3.10. The van der Waals surface area contributed by atoms with Crippen molar-refractivity contribution < 1.29 is 14.6 Å². The lowest BCUT2D eigenvalue weighted by Gasteiger charge is -2.11. The largest absolute Gasteiger partial charge is 0.507 e. The molecule has 0 aliphatic heterocycles. The molecule has 82 valence electrons. The van der Waals surface area contributed by atoms with Gasteiger partial charge in [0.15, 0.2) is 0 Å². The fourth-order valence-electron chi connectivity index (χ4n) is 1.13. The van der Waals surface area contributed by atoms with Gasteiger partial charge in [-0.2, -0.15) is 0 Å². The molecular weight excluding hydrogens is 262 g/mol. The maximum Gasteiger partial charge on any atom is 0.307 e. The first-order valence-electron chi connectivity index (χ1n) is 4.35. The molecule has 4 nitrogen and oxygen atoms in total. The molecule has 0 saturated heterocycles. The molecule has 0 heterocycles. The number of phenols is 1. The first-order valence-corrected chi connectivity index (χ1v) is 5.14. The zero-order valence-electron chi connectivity index (χ0n) is 8.24. The highest BCUT2D eigenvalue weighted by molar-refractivity contribution is 9.10. The highest BCUT2D eigenvalue weighted by Gasteiger charge is 2.12. The number of hydrogen-bond acceptors (Lipinski definition) is 4. The van der Waals surface area contributed by atoms with Gasteiger partial charge in [-0.05, 0) is 33.6 Å². The molecule has 0 amide bonds. The van der Waals surface area contributed by atoms with E-state index in [0.717, 1.165) is 5.56 Å². The van der Waals surface area contributed by atoms with Crippen LogP contribution in [0.15, 0.2) is 22.7 Å². The number of methoxy groups -OCH3 is 1. The normalized spacial score (nSPS) is 12.2. The maximum atomic E-state index is 11.0. The summed E-state index contributed by atoms with van der Waals surface area (Å²) >= 11 is 3.18. The molecule has 1 aromatic rings. The number of esters is 1. The van der Waals surface area contributed by atoms with Crippen LogP contribution < -0.4 is 5.73 Å². The van der Waals surface area contributed by atoms with Crippen molar-refractivity contribution in [3.05, 3.63) is 28.2 Å². The summed E-state index contributed by atoms with van der Waals surface area (Å²) in [5.74, 6) is -0.212. The van der Waals surface area contributed by atoms with E-state index in [1.165, 1.54) is 13.2 Å². The molecule has 0 aliphatic rings. The number of carbonyl (C=O) groups is 1. The van der Waals surface area contributed by atoms with Crippen molar-refractivity contribution in [2.45, 2.75) is 12.5 Å². The minimum atomic E-state index is -0.422. The van der Waals surface area contributed by atoms with Gasteiger partial charge in [-0.15, -0.1) is 0 Å². The maximum absolute atomic E-state index is 11.0. The van der Waals surface area contributed by atoms with E-state index in [2.05, 4.69) is 20.7 Å². The second kappa shape index (κ2) is 5.14. The van der Waals surface area contributed by atoms with Crippen molar-refractivity contribution in [3.8, 4) is 5.75 Å². The molecule has 0 aromatic heterocycles. The van der Waals surface area contributed by atoms with Gasteiger partial charge in [-0.25, -0.2) is 0 Å². The minimum Gasteiger partial charge on any atom is -0.507 e. The number of carbonyl (C=O) groups excluding carboxylic acids is 1. The summed E-state index contributed by atoms with van der Waals surface area (Å²) in [5, 5.41) is 9.27. The van der Waals surface area contributed by atoms with Crippen LogP contribution >= 0.6 is 15.9 Å². The molecule has 1 rings (SSSR count). The number of aromatic hydroxyl groups is 1. The lowest BCUT2D eigenvalue weighted by molar-refractivity contribution is -0.141. The summed E-state index contributed by atoms with van der Waals surface area (Å²) in [7, 11) is 1.32. The molecule has 3 N–H and O–H groups in total. The molecular formula is C10H12BrNO3. The average molecular weight is 274 g/mol. The summed E-state index contributed by atoms with van der Waals surface area (Å²) in [6.45, 7) is 0. The molecule has 0 fully saturated rings. The van der Waals surface area contributed by atoms with Crippen molar-refractivity contribution >= 4 is 21.9 Å². The van der Waals surface area contributed by atoms with Crippen LogP contribution in [0.1, 0.15) is 18.0 Å². The Bertz CT molecular complexity index is 368. The quantitative estimate of drug-likeness (QED) is 0.823. The van der Waals surface area contributed by atoms with Crippen LogP contribution in [0.5, 0.6) is 5.75 Å². The van der Waals surface area contributed by atoms with Crippen LogP contribution in [0.4, 0.5) is 0 Å². The van der Waals surface area contributed by atoms with Crippen LogP contribution in [0.2, 0.25) is 0 Å². The number of phenolic OH excluding ortho intramolecular Hbond substituents is 1.